The van der Waals surface area contributed by atoms with Crippen LogP contribution >= 0.6 is 0 Å². The minimum absolute atomic E-state index is 0.179. The highest BCUT2D eigenvalue weighted by Gasteiger charge is 2.26. The van der Waals surface area contributed by atoms with Gasteiger partial charge in [-0.05, 0) is 50.6 Å². The third-order valence-electron chi connectivity index (χ3n) is 3.34. The summed E-state index contributed by atoms with van der Waals surface area (Å²) in [4.78, 5) is 0. The number of aromatic nitrogens is 2. The molecule has 1 aromatic rings. The van der Waals surface area contributed by atoms with E-state index in [9.17, 15) is 0 Å². The molecule has 1 heterocycles. The number of hydrogen-bond donors (Lipinski definition) is 1. The second kappa shape index (κ2) is 5.43. The largest absolute Gasteiger partial charge is 0.312 e. The van der Waals surface area contributed by atoms with Gasteiger partial charge in [-0.15, -0.1) is 0 Å². The predicted molar refractivity (Wildman–Crippen MR) is 77.6 cm³/mol. The fourth-order valence-electron chi connectivity index (χ4n) is 1.98. The summed E-state index contributed by atoms with van der Waals surface area (Å²) >= 11 is 0. The van der Waals surface area contributed by atoms with Crippen LogP contribution in [0.1, 0.15) is 47.1 Å². The Balaban J connectivity index is 2.68. The molecule has 1 unspecified atom stereocenters. The van der Waals surface area contributed by atoms with Gasteiger partial charge in [0.1, 0.15) is 0 Å². The number of nitrogens with zero attached hydrogens (tertiary/aromatic N) is 2. The van der Waals surface area contributed by atoms with Gasteiger partial charge in [0.25, 0.3) is 0 Å². The molecule has 1 N–H and O–H groups in total. The van der Waals surface area contributed by atoms with Gasteiger partial charge in [0, 0.05) is 18.8 Å². The van der Waals surface area contributed by atoms with Crippen LogP contribution in [0, 0.1) is 11.3 Å². The van der Waals surface area contributed by atoms with Crippen molar-refractivity contribution in [3.63, 3.8) is 0 Å². The van der Waals surface area contributed by atoms with Crippen LogP contribution in [0.2, 0.25) is 0 Å². The maximum atomic E-state index is 4.26. The third-order valence-corrected chi connectivity index (χ3v) is 3.34. The monoisotopic (exact) mass is 251 g/mol. The van der Waals surface area contributed by atoms with Crippen molar-refractivity contribution >= 4 is 0 Å². The molecule has 0 saturated heterocycles. The van der Waals surface area contributed by atoms with Crippen LogP contribution in [-0.4, -0.2) is 21.9 Å². The van der Waals surface area contributed by atoms with Crippen molar-refractivity contribution in [1.29, 1.82) is 0 Å². The Labute approximate surface area is 112 Å². The van der Waals surface area contributed by atoms with Crippen LogP contribution < -0.4 is 5.32 Å². The number of rotatable bonds is 4. The maximum Gasteiger partial charge on any atom is 0.0521 e. The van der Waals surface area contributed by atoms with E-state index >= 15 is 0 Å². The SMILES string of the molecule is Cn1cc(CC(CNC(C)(C)C)C(C)(C)C)cn1. The van der Waals surface area contributed by atoms with E-state index in [-0.39, 0.29) is 5.54 Å². The first-order valence-corrected chi connectivity index (χ1v) is 6.80. The lowest BCUT2D eigenvalue weighted by Crippen LogP contribution is -2.42. The molecule has 0 aliphatic heterocycles. The zero-order valence-electron chi connectivity index (χ0n) is 13.0. The number of aryl methyl sites for hydroxylation is 1. The predicted octanol–water partition coefficient (Wildman–Crippen LogP) is 3.01. The summed E-state index contributed by atoms with van der Waals surface area (Å²) in [6.07, 6.45) is 5.19. The average molecular weight is 251 g/mol. The first-order chi connectivity index (χ1) is 8.08. The van der Waals surface area contributed by atoms with Crippen LogP contribution in [0.3, 0.4) is 0 Å². The second-order valence-electron chi connectivity index (χ2n) is 7.42. The molecule has 0 saturated carbocycles. The smallest absolute Gasteiger partial charge is 0.0521 e. The lowest BCUT2D eigenvalue weighted by atomic mass is 9.77. The minimum atomic E-state index is 0.179. The first kappa shape index (κ1) is 15.2. The van der Waals surface area contributed by atoms with Gasteiger partial charge < -0.3 is 5.32 Å². The number of nitrogens with one attached hydrogen (secondary N) is 1. The Morgan fingerprint density at radius 1 is 1.22 bits per heavy atom. The Hall–Kier alpha value is -0.830. The first-order valence-electron chi connectivity index (χ1n) is 6.80. The minimum Gasteiger partial charge on any atom is -0.312 e. The van der Waals surface area contributed by atoms with Crippen molar-refractivity contribution in [2.24, 2.45) is 18.4 Å². The molecular weight excluding hydrogens is 222 g/mol. The highest BCUT2D eigenvalue weighted by atomic mass is 15.2. The van der Waals surface area contributed by atoms with Gasteiger partial charge in [-0.2, -0.15) is 5.10 Å². The quantitative estimate of drug-likeness (QED) is 0.891. The van der Waals surface area contributed by atoms with E-state index in [2.05, 4.69) is 58.2 Å². The van der Waals surface area contributed by atoms with E-state index in [1.165, 1.54) is 5.56 Å². The maximum absolute atomic E-state index is 4.26. The van der Waals surface area contributed by atoms with Gasteiger partial charge in [-0.25, -0.2) is 0 Å². The topological polar surface area (TPSA) is 29.9 Å². The Morgan fingerprint density at radius 3 is 2.22 bits per heavy atom. The van der Waals surface area contributed by atoms with Gasteiger partial charge in [-0.3, -0.25) is 4.68 Å². The molecule has 0 spiro atoms. The fraction of sp³-hybridized carbons (Fsp3) is 0.800. The average Bonchev–Trinajstić information content (AvgIpc) is 2.55. The summed E-state index contributed by atoms with van der Waals surface area (Å²) in [5, 5.41) is 7.89. The molecule has 3 heteroatoms. The zero-order chi connectivity index (χ0) is 14.0. The van der Waals surface area contributed by atoms with Crippen LogP contribution in [0.4, 0.5) is 0 Å². The molecule has 18 heavy (non-hydrogen) atoms. The summed E-state index contributed by atoms with van der Waals surface area (Å²) in [5.41, 5.74) is 1.81. The number of hydrogen-bond acceptors (Lipinski definition) is 2. The normalized spacial score (nSPS) is 14.8. The Kier molecular flexibility index (Phi) is 4.60. The van der Waals surface area contributed by atoms with Crippen molar-refractivity contribution in [3.05, 3.63) is 18.0 Å². The van der Waals surface area contributed by atoms with Crippen molar-refractivity contribution < 1.29 is 0 Å². The Bertz CT molecular complexity index is 366. The van der Waals surface area contributed by atoms with E-state index in [4.69, 9.17) is 0 Å². The molecule has 0 aliphatic rings. The Morgan fingerprint density at radius 2 is 1.83 bits per heavy atom. The van der Waals surface area contributed by atoms with Crippen molar-refractivity contribution in [2.45, 2.75) is 53.5 Å². The van der Waals surface area contributed by atoms with E-state index in [1.807, 2.05) is 17.9 Å². The second-order valence-corrected chi connectivity index (χ2v) is 7.42. The highest BCUT2D eigenvalue weighted by Crippen LogP contribution is 2.29. The summed E-state index contributed by atoms with van der Waals surface area (Å²) in [5.74, 6) is 0.612. The van der Waals surface area contributed by atoms with Crippen LogP contribution in [0.15, 0.2) is 12.4 Å². The molecule has 0 bridgehead atoms. The standard InChI is InChI=1S/C15H29N3/c1-14(2,3)13(10-16-15(4,5)6)8-12-9-17-18(7)11-12/h9,11,13,16H,8,10H2,1-7H3. The lowest BCUT2D eigenvalue weighted by molar-refractivity contribution is 0.214. The molecule has 0 aromatic carbocycles. The van der Waals surface area contributed by atoms with E-state index in [0.717, 1.165) is 13.0 Å². The van der Waals surface area contributed by atoms with Gasteiger partial charge in [0.2, 0.25) is 0 Å². The van der Waals surface area contributed by atoms with Gasteiger partial charge in [-0.1, -0.05) is 20.8 Å². The summed E-state index contributed by atoms with van der Waals surface area (Å²) in [6.45, 7) is 14.7. The van der Waals surface area contributed by atoms with E-state index in [1.54, 1.807) is 0 Å². The molecule has 0 aliphatic carbocycles. The van der Waals surface area contributed by atoms with E-state index < -0.39 is 0 Å². The zero-order valence-corrected chi connectivity index (χ0v) is 13.0. The molecule has 0 radical (unpaired) electrons. The van der Waals surface area contributed by atoms with Crippen LogP contribution in [0.5, 0.6) is 0 Å². The van der Waals surface area contributed by atoms with E-state index in [0.29, 0.717) is 11.3 Å². The van der Waals surface area contributed by atoms with Crippen molar-refractivity contribution in [1.82, 2.24) is 15.1 Å². The molecule has 1 atom stereocenters. The molecule has 1 rings (SSSR count). The van der Waals surface area contributed by atoms with Gasteiger partial charge in [0.15, 0.2) is 0 Å². The summed E-state index contributed by atoms with van der Waals surface area (Å²) < 4.78 is 1.88. The highest BCUT2D eigenvalue weighted by molar-refractivity contribution is 5.06. The molecular formula is C15H29N3. The van der Waals surface area contributed by atoms with Crippen molar-refractivity contribution in [2.75, 3.05) is 6.54 Å². The van der Waals surface area contributed by atoms with Crippen LogP contribution in [0.25, 0.3) is 0 Å². The molecule has 0 amide bonds. The fourth-order valence-corrected chi connectivity index (χ4v) is 1.98. The lowest BCUT2D eigenvalue weighted by Gasteiger charge is -2.33. The molecule has 1 aromatic heterocycles. The summed E-state index contributed by atoms with van der Waals surface area (Å²) in [7, 11) is 1.98. The molecule has 0 fully saturated rings. The van der Waals surface area contributed by atoms with Crippen LogP contribution in [-0.2, 0) is 13.5 Å². The molecule has 3 nitrogen and oxygen atoms in total. The van der Waals surface area contributed by atoms with Gasteiger partial charge in [0.05, 0.1) is 6.20 Å². The van der Waals surface area contributed by atoms with Gasteiger partial charge >= 0.3 is 0 Å². The summed E-state index contributed by atoms with van der Waals surface area (Å²) in [6, 6.07) is 0. The molecule has 104 valence electrons. The van der Waals surface area contributed by atoms with Crippen molar-refractivity contribution in [3.8, 4) is 0 Å². The third kappa shape index (κ3) is 5.21.